The van der Waals surface area contributed by atoms with Gasteiger partial charge in [-0.15, -0.1) is 0 Å². The average Bonchev–Trinajstić information content (AvgIpc) is 3.15. The normalized spacial score (nSPS) is 24.8. The van der Waals surface area contributed by atoms with E-state index < -0.39 is 5.60 Å². The maximum absolute atomic E-state index is 12.7. The van der Waals surface area contributed by atoms with Crippen molar-refractivity contribution in [3.63, 3.8) is 0 Å². The minimum absolute atomic E-state index is 0.117. The van der Waals surface area contributed by atoms with Crippen LogP contribution >= 0.6 is 0 Å². The predicted molar refractivity (Wildman–Crippen MR) is 94.7 cm³/mol. The molecule has 8 heteroatoms. The molecule has 1 amide bonds. The first-order valence-electron chi connectivity index (χ1n) is 8.95. The van der Waals surface area contributed by atoms with Crippen molar-refractivity contribution in [1.29, 1.82) is 0 Å². The smallest absolute Gasteiger partial charge is 0.255 e. The van der Waals surface area contributed by atoms with Crippen LogP contribution in [0.2, 0.25) is 0 Å². The van der Waals surface area contributed by atoms with E-state index >= 15 is 0 Å². The van der Waals surface area contributed by atoms with Gasteiger partial charge in [0.15, 0.2) is 5.60 Å². The zero-order valence-electron chi connectivity index (χ0n) is 14.4. The van der Waals surface area contributed by atoms with Gasteiger partial charge in [0.2, 0.25) is 0 Å². The predicted octanol–water partition coefficient (Wildman–Crippen LogP) is -0.995. The van der Waals surface area contributed by atoms with E-state index in [-0.39, 0.29) is 12.1 Å². The number of piperidine rings is 1. The molecular formula is C17H28N6O2. The van der Waals surface area contributed by atoms with Gasteiger partial charge in [0.1, 0.15) is 0 Å². The summed E-state index contributed by atoms with van der Waals surface area (Å²) >= 11 is 0. The molecule has 2 heterocycles. The van der Waals surface area contributed by atoms with Crippen molar-refractivity contribution < 1.29 is 9.90 Å². The third kappa shape index (κ3) is 4.97. The zero-order chi connectivity index (χ0) is 17.5. The van der Waals surface area contributed by atoms with E-state index in [0.717, 1.165) is 25.8 Å². The summed E-state index contributed by atoms with van der Waals surface area (Å²) in [5.41, 5.74) is 11.4. The minimum Gasteiger partial charge on any atom is -0.379 e. The second-order valence-electron chi connectivity index (χ2n) is 6.72. The molecule has 0 saturated carbocycles. The van der Waals surface area contributed by atoms with Crippen molar-refractivity contribution >= 4 is 5.91 Å². The van der Waals surface area contributed by atoms with Crippen LogP contribution in [0.5, 0.6) is 0 Å². The van der Waals surface area contributed by atoms with Crippen molar-refractivity contribution in [3.8, 4) is 0 Å². The SMILES string of the molecule is O=C1N(CCc2ccccc2)CCCC1(O)CNCCC1NNNN1. The molecule has 0 radical (unpaired) electrons. The van der Waals surface area contributed by atoms with Crippen LogP contribution in [0.3, 0.4) is 0 Å². The van der Waals surface area contributed by atoms with Crippen LogP contribution in [0.1, 0.15) is 24.8 Å². The fourth-order valence-electron chi connectivity index (χ4n) is 3.32. The number of amides is 1. The Labute approximate surface area is 148 Å². The van der Waals surface area contributed by atoms with Crippen molar-refractivity contribution in [2.45, 2.75) is 37.5 Å². The Morgan fingerprint density at radius 1 is 1.24 bits per heavy atom. The summed E-state index contributed by atoms with van der Waals surface area (Å²) in [6, 6.07) is 10.1. The molecule has 0 spiro atoms. The number of carbonyl (C=O) groups excluding carboxylic acids is 1. The van der Waals surface area contributed by atoms with Crippen molar-refractivity contribution in [2.24, 2.45) is 0 Å². The number of nitrogens with one attached hydrogen (secondary N) is 5. The molecule has 2 aliphatic heterocycles. The summed E-state index contributed by atoms with van der Waals surface area (Å²) in [6.07, 6.45) is 3.10. The van der Waals surface area contributed by atoms with Gasteiger partial charge >= 0.3 is 0 Å². The quantitative estimate of drug-likeness (QED) is 0.335. The van der Waals surface area contributed by atoms with Crippen molar-refractivity contribution in [2.75, 3.05) is 26.2 Å². The summed E-state index contributed by atoms with van der Waals surface area (Å²) < 4.78 is 0. The number of nitrogens with zero attached hydrogens (tertiary/aromatic N) is 1. The summed E-state index contributed by atoms with van der Waals surface area (Å²) in [5, 5.41) is 14.0. The molecule has 6 N–H and O–H groups in total. The van der Waals surface area contributed by atoms with E-state index in [4.69, 9.17) is 0 Å². The van der Waals surface area contributed by atoms with Crippen LogP contribution in [0.4, 0.5) is 0 Å². The Bertz CT molecular complexity index is 551. The summed E-state index contributed by atoms with van der Waals surface area (Å²) in [5.74, 6) is -0.150. The highest BCUT2D eigenvalue weighted by atomic mass is 16.3. The zero-order valence-corrected chi connectivity index (χ0v) is 14.4. The molecule has 0 aliphatic carbocycles. The standard InChI is InChI=1S/C17H28N6O2/c24-16-17(25,13-18-10-7-15-19-21-22-20-15)9-4-11-23(16)12-8-14-5-2-1-3-6-14/h1-3,5-6,15,18-22,25H,4,7-13H2. The first-order chi connectivity index (χ1) is 12.2. The van der Waals surface area contributed by atoms with E-state index in [9.17, 15) is 9.90 Å². The fraction of sp³-hybridized carbons (Fsp3) is 0.588. The number of benzene rings is 1. The van der Waals surface area contributed by atoms with Crippen LogP contribution in [0, 0.1) is 0 Å². The van der Waals surface area contributed by atoms with Crippen molar-refractivity contribution in [1.82, 2.24) is 32.1 Å². The lowest BCUT2D eigenvalue weighted by molar-refractivity contribution is -0.156. The molecule has 1 aromatic carbocycles. The average molecular weight is 348 g/mol. The van der Waals surface area contributed by atoms with Gasteiger partial charge in [0.25, 0.3) is 5.91 Å². The van der Waals surface area contributed by atoms with Crippen LogP contribution in [0.15, 0.2) is 30.3 Å². The number of hydrazine groups is 3. The summed E-state index contributed by atoms with van der Waals surface area (Å²) in [7, 11) is 0. The van der Waals surface area contributed by atoms with E-state index in [1.807, 2.05) is 18.2 Å². The maximum Gasteiger partial charge on any atom is 0.255 e. The van der Waals surface area contributed by atoms with Gasteiger partial charge in [-0.3, -0.25) is 4.79 Å². The highest BCUT2D eigenvalue weighted by molar-refractivity contribution is 5.86. The molecule has 0 bridgehead atoms. The van der Waals surface area contributed by atoms with E-state index in [1.54, 1.807) is 4.90 Å². The largest absolute Gasteiger partial charge is 0.379 e. The van der Waals surface area contributed by atoms with Crippen LogP contribution in [0.25, 0.3) is 0 Å². The Hall–Kier alpha value is -1.55. The fourth-order valence-corrected chi connectivity index (χ4v) is 3.32. The summed E-state index contributed by atoms with van der Waals surface area (Å²) in [4.78, 5) is 14.5. The first kappa shape index (κ1) is 18.2. The lowest BCUT2D eigenvalue weighted by atomic mass is 9.91. The van der Waals surface area contributed by atoms with Crippen LogP contribution in [-0.4, -0.2) is 53.9 Å². The number of hydrogen-bond acceptors (Lipinski definition) is 7. The number of hydrogen-bond donors (Lipinski definition) is 6. The lowest BCUT2D eigenvalue weighted by Crippen LogP contribution is -2.58. The molecule has 2 fully saturated rings. The van der Waals surface area contributed by atoms with E-state index in [0.29, 0.717) is 26.1 Å². The molecule has 3 rings (SSSR count). The highest BCUT2D eigenvalue weighted by Gasteiger charge is 2.41. The second kappa shape index (κ2) is 8.70. The van der Waals surface area contributed by atoms with E-state index in [1.165, 1.54) is 5.56 Å². The molecular weight excluding hydrogens is 320 g/mol. The molecule has 2 aliphatic rings. The van der Waals surface area contributed by atoms with Gasteiger partial charge in [-0.05, 0) is 37.8 Å². The third-order valence-electron chi connectivity index (χ3n) is 4.80. The van der Waals surface area contributed by atoms with Gasteiger partial charge in [-0.25, -0.2) is 10.9 Å². The van der Waals surface area contributed by atoms with Gasteiger partial charge in [0.05, 0.1) is 6.17 Å². The lowest BCUT2D eigenvalue weighted by Gasteiger charge is -2.38. The number of aliphatic hydroxyl groups is 1. The first-order valence-corrected chi connectivity index (χ1v) is 8.95. The second-order valence-corrected chi connectivity index (χ2v) is 6.72. The molecule has 1 unspecified atom stereocenters. The Morgan fingerprint density at radius 3 is 2.76 bits per heavy atom. The Morgan fingerprint density at radius 2 is 2.00 bits per heavy atom. The monoisotopic (exact) mass is 348 g/mol. The molecule has 25 heavy (non-hydrogen) atoms. The third-order valence-corrected chi connectivity index (χ3v) is 4.80. The van der Waals surface area contributed by atoms with Crippen molar-refractivity contribution in [3.05, 3.63) is 35.9 Å². The molecule has 1 aromatic rings. The number of carbonyl (C=O) groups is 1. The van der Waals surface area contributed by atoms with Crippen LogP contribution < -0.4 is 27.2 Å². The molecule has 2 saturated heterocycles. The number of likely N-dealkylation sites (tertiary alicyclic amines) is 1. The molecule has 0 aromatic heterocycles. The molecule has 8 nitrogen and oxygen atoms in total. The highest BCUT2D eigenvalue weighted by Crippen LogP contribution is 2.22. The maximum atomic E-state index is 12.7. The van der Waals surface area contributed by atoms with Gasteiger partial charge in [-0.2, -0.15) is 11.1 Å². The molecule has 1 atom stereocenters. The number of rotatable bonds is 8. The summed E-state index contributed by atoms with van der Waals surface area (Å²) in [6.45, 7) is 2.37. The van der Waals surface area contributed by atoms with E-state index in [2.05, 4.69) is 39.4 Å². The van der Waals surface area contributed by atoms with Gasteiger partial charge in [0, 0.05) is 19.6 Å². The van der Waals surface area contributed by atoms with Gasteiger partial charge in [-0.1, -0.05) is 30.3 Å². The minimum atomic E-state index is -1.29. The van der Waals surface area contributed by atoms with Crippen LogP contribution in [-0.2, 0) is 11.2 Å². The topological polar surface area (TPSA) is 101 Å². The molecule has 138 valence electrons. The Balaban J connectivity index is 1.44. The van der Waals surface area contributed by atoms with Gasteiger partial charge < -0.3 is 15.3 Å². The Kier molecular flexibility index (Phi) is 6.35.